The van der Waals surface area contributed by atoms with Crippen molar-refractivity contribution in [2.24, 2.45) is 0 Å². The first kappa shape index (κ1) is 37.7. The highest BCUT2D eigenvalue weighted by atomic mass is 28.4. The molecule has 0 N–H and O–H groups in total. The molecule has 42 heavy (non-hydrogen) atoms. The Hall–Kier alpha value is -2.29. The van der Waals surface area contributed by atoms with E-state index in [0.29, 0.717) is 0 Å². The number of carbonyl (C=O) groups is 3. The standard InChI is InChI=1S/C21H39N3O15Si3/c1-31-40(32-2,33-3)13-10-16(25)22-19(28)23(17(26)11-14-41(34-4,35-5)36-6)21(30)24(20(22)29)18(27)12-15-42(37-7,38-8)39-9/h10-15H2,1-9H3. The van der Waals surface area contributed by atoms with Gasteiger partial charge in [-0.2, -0.15) is 13.7 Å². The Morgan fingerprint density at radius 1 is 0.429 bits per heavy atom. The van der Waals surface area contributed by atoms with E-state index in [-0.39, 0.29) is 31.8 Å². The first-order valence-electron chi connectivity index (χ1n) is 12.4. The average molecular weight is 658 g/mol. The summed E-state index contributed by atoms with van der Waals surface area (Å²) in [7, 11) is 1.66. The second-order valence-corrected chi connectivity index (χ2v) is 17.7. The largest absolute Gasteiger partial charge is 0.500 e. The van der Waals surface area contributed by atoms with Crippen molar-refractivity contribution in [2.45, 2.75) is 37.4 Å². The van der Waals surface area contributed by atoms with E-state index < -0.39 is 80.5 Å². The van der Waals surface area contributed by atoms with Gasteiger partial charge >= 0.3 is 43.5 Å². The molecular formula is C21H39N3O15Si3. The van der Waals surface area contributed by atoms with E-state index in [1.54, 1.807) is 0 Å². The molecule has 1 aromatic rings. The van der Waals surface area contributed by atoms with Crippen LogP contribution in [0.25, 0.3) is 0 Å². The van der Waals surface area contributed by atoms with E-state index in [2.05, 4.69) is 0 Å². The molecule has 0 bridgehead atoms. The molecule has 0 fully saturated rings. The minimum atomic E-state index is -3.34. The maximum Gasteiger partial charge on any atom is 0.500 e. The lowest BCUT2D eigenvalue weighted by Crippen LogP contribution is -2.60. The number of carbonyl (C=O) groups excluding carboxylic acids is 3. The normalized spacial score (nSPS) is 12.5. The zero-order valence-electron chi connectivity index (χ0n) is 25.2. The van der Waals surface area contributed by atoms with Crippen molar-refractivity contribution in [2.75, 3.05) is 64.0 Å². The predicted octanol–water partition coefficient (Wildman–Crippen LogP) is -1.10. The summed E-state index contributed by atoms with van der Waals surface area (Å²) in [6.07, 6.45) is -1.59. The van der Waals surface area contributed by atoms with Gasteiger partial charge in [0.25, 0.3) is 0 Å². The summed E-state index contributed by atoms with van der Waals surface area (Å²) in [5.41, 5.74) is -4.67. The summed E-state index contributed by atoms with van der Waals surface area (Å²) < 4.78 is 47.5. The summed E-state index contributed by atoms with van der Waals surface area (Å²) in [5, 5.41) is 0. The Labute approximate surface area is 245 Å². The molecule has 0 radical (unpaired) electrons. The van der Waals surface area contributed by atoms with Gasteiger partial charge in [-0.25, -0.2) is 14.4 Å². The molecule has 240 valence electrons. The van der Waals surface area contributed by atoms with Crippen LogP contribution in [0.4, 0.5) is 0 Å². The first-order chi connectivity index (χ1) is 19.8. The maximum absolute atomic E-state index is 13.3. The highest BCUT2D eigenvalue weighted by Gasteiger charge is 2.41. The van der Waals surface area contributed by atoms with E-state index in [9.17, 15) is 28.8 Å². The van der Waals surface area contributed by atoms with Crippen molar-refractivity contribution in [1.29, 1.82) is 0 Å². The summed E-state index contributed by atoms with van der Waals surface area (Å²) in [4.78, 5) is 79.6. The van der Waals surface area contributed by atoms with Gasteiger partial charge in [0.1, 0.15) is 0 Å². The van der Waals surface area contributed by atoms with Crippen molar-refractivity contribution < 1.29 is 54.2 Å². The highest BCUT2D eigenvalue weighted by Crippen LogP contribution is 2.17. The van der Waals surface area contributed by atoms with Gasteiger partial charge in [0.05, 0.1) is 0 Å². The smallest absolute Gasteiger partial charge is 0.377 e. The van der Waals surface area contributed by atoms with E-state index in [4.69, 9.17) is 39.8 Å². The maximum atomic E-state index is 13.3. The van der Waals surface area contributed by atoms with Crippen LogP contribution in [0.1, 0.15) is 33.6 Å². The molecule has 0 aliphatic carbocycles. The van der Waals surface area contributed by atoms with Crippen LogP contribution in [0.3, 0.4) is 0 Å². The zero-order chi connectivity index (χ0) is 32.3. The molecule has 0 spiro atoms. The van der Waals surface area contributed by atoms with Crippen molar-refractivity contribution >= 4 is 44.1 Å². The second kappa shape index (κ2) is 16.5. The number of nitrogens with zero attached hydrogens (tertiary/aromatic N) is 3. The molecule has 21 heteroatoms. The van der Waals surface area contributed by atoms with Crippen molar-refractivity contribution in [1.82, 2.24) is 13.7 Å². The average Bonchev–Trinajstić information content (AvgIpc) is 3.00. The van der Waals surface area contributed by atoms with Crippen LogP contribution in [0.5, 0.6) is 0 Å². The van der Waals surface area contributed by atoms with Crippen LogP contribution >= 0.6 is 0 Å². The molecule has 1 aromatic heterocycles. The topological polar surface area (TPSA) is 200 Å². The van der Waals surface area contributed by atoms with Gasteiger partial charge in [-0.3, -0.25) is 14.4 Å². The Morgan fingerprint density at radius 3 is 0.738 bits per heavy atom. The van der Waals surface area contributed by atoms with Crippen LogP contribution in [-0.4, -0.2) is 122 Å². The number of hydrogen-bond donors (Lipinski definition) is 0. The lowest BCUT2D eigenvalue weighted by atomic mass is 10.4. The van der Waals surface area contributed by atoms with E-state index in [0.717, 1.165) is 0 Å². The third-order valence-electron chi connectivity index (χ3n) is 6.63. The molecule has 0 saturated heterocycles. The second-order valence-electron chi connectivity index (χ2n) is 8.42. The Kier molecular flexibility index (Phi) is 14.9. The quantitative estimate of drug-likeness (QED) is 0.172. The fourth-order valence-corrected chi connectivity index (χ4v) is 8.87. The van der Waals surface area contributed by atoms with Crippen LogP contribution in [0, 0.1) is 0 Å². The van der Waals surface area contributed by atoms with Gasteiger partial charge in [0, 0.05) is 101 Å². The third-order valence-corrected chi connectivity index (χ3v) is 14.8. The van der Waals surface area contributed by atoms with Gasteiger partial charge in [0.2, 0.25) is 17.7 Å². The molecule has 0 saturated carbocycles. The first-order valence-corrected chi connectivity index (χ1v) is 18.2. The number of hydrogen-bond acceptors (Lipinski definition) is 15. The Balaban J connectivity index is 3.75. The number of rotatable bonds is 18. The molecule has 0 aliphatic rings. The molecule has 0 aromatic carbocycles. The van der Waals surface area contributed by atoms with E-state index >= 15 is 0 Å². The summed E-state index contributed by atoms with van der Waals surface area (Å²) in [6.45, 7) is 0. The Bertz CT molecular complexity index is 1060. The highest BCUT2D eigenvalue weighted by molar-refractivity contribution is 6.61. The lowest BCUT2D eigenvalue weighted by Gasteiger charge is -2.24. The van der Waals surface area contributed by atoms with Gasteiger partial charge < -0.3 is 39.8 Å². The molecule has 0 amide bonds. The molecule has 1 rings (SSSR count). The van der Waals surface area contributed by atoms with Gasteiger partial charge in [-0.1, -0.05) is 0 Å². The van der Waals surface area contributed by atoms with Crippen LogP contribution in [-0.2, 0) is 39.8 Å². The third kappa shape index (κ3) is 8.20. The summed E-state index contributed by atoms with van der Waals surface area (Å²) in [6, 6.07) is -0.513. The molecule has 18 nitrogen and oxygen atoms in total. The lowest BCUT2D eigenvalue weighted by molar-refractivity contribution is 0.0809. The monoisotopic (exact) mass is 657 g/mol. The minimum Gasteiger partial charge on any atom is -0.377 e. The Morgan fingerprint density at radius 2 is 0.595 bits per heavy atom. The molecule has 1 heterocycles. The van der Waals surface area contributed by atoms with Crippen molar-refractivity contribution in [3.63, 3.8) is 0 Å². The fourth-order valence-electron chi connectivity index (χ4n) is 3.97. The molecule has 0 atom stereocenters. The van der Waals surface area contributed by atoms with E-state index in [1.807, 2.05) is 0 Å². The SMILES string of the molecule is CO[Si](CCC(=O)n1c(=O)n(C(=O)CC[Si](OC)(OC)OC)c(=O)n(C(=O)CC[Si](OC)(OC)OC)c1=O)(OC)OC. The molecular weight excluding hydrogens is 618 g/mol. The summed E-state index contributed by atoms with van der Waals surface area (Å²) in [5.74, 6) is -3.42. The summed E-state index contributed by atoms with van der Waals surface area (Å²) >= 11 is 0. The van der Waals surface area contributed by atoms with E-state index in [1.165, 1.54) is 64.0 Å². The van der Waals surface area contributed by atoms with Gasteiger partial charge in [-0.05, 0) is 0 Å². The van der Waals surface area contributed by atoms with Crippen molar-refractivity contribution in [3.8, 4) is 0 Å². The number of aromatic nitrogens is 3. The molecule has 0 aliphatic heterocycles. The fraction of sp³-hybridized carbons (Fsp3) is 0.714. The van der Waals surface area contributed by atoms with Crippen LogP contribution in [0.15, 0.2) is 14.4 Å². The predicted molar refractivity (Wildman–Crippen MR) is 150 cm³/mol. The van der Waals surface area contributed by atoms with Crippen LogP contribution < -0.4 is 17.1 Å². The zero-order valence-corrected chi connectivity index (χ0v) is 28.2. The minimum absolute atomic E-state index is 0.0403. The molecule has 0 unspecified atom stereocenters. The van der Waals surface area contributed by atoms with Crippen molar-refractivity contribution in [3.05, 3.63) is 31.5 Å². The van der Waals surface area contributed by atoms with Gasteiger partial charge in [-0.15, -0.1) is 0 Å². The van der Waals surface area contributed by atoms with Gasteiger partial charge in [0.15, 0.2) is 0 Å². The van der Waals surface area contributed by atoms with Crippen LogP contribution in [0.2, 0.25) is 18.1 Å².